The average molecular weight is 196 g/mol. The molecule has 0 aromatic heterocycles. The molecule has 0 bridgehead atoms. The van der Waals surface area contributed by atoms with Gasteiger partial charge in [0.25, 0.3) is 0 Å². The minimum Gasteiger partial charge on any atom is -0.0996 e. The minimum atomic E-state index is 0.209. The molecule has 0 aliphatic heterocycles. The fraction of sp³-hybridized carbons (Fsp3) is 0.857. The van der Waals surface area contributed by atoms with Crippen molar-refractivity contribution in [3.8, 4) is 0 Å². The molecule has 0 radical (unpaired) electrons. The molecule has 0 heteroatoms. The van der Waals surface area contributed by atoms with Gasteiger partial charge in [0, 0.05) is 0 Å². The highest BCUT2D eigenvalue weighted by Crippen LogP contribution is 2.49. The molecular formula is C14H28. The van der Waals surface area contributed by atoms with Crippen molar-refractivity contribution < 1.29 is 0 Å². The number of allylic oxidation sites excluding steroid dienone is 1. The van der Waals surface area contributed by atoms with E-state index in [0.29, 0.717) is 10.8 Å². The third kappa shape index (κ3) is 3.15. The van der Waals surface area contributed by atoms with E-state index in [4.69, 9.17) is 0 Å². The summed E-state index contributed by atoms with van der Waals surface area (Å²) in [6.07, 6.45) is 1.22. The van der Waals surface area contributed by atoms with Crippen LogP contribution in [0.4, 0.5) is 0 Å². The van der Waals surface area contributed by atoms with Crippen molar-refractivity contribution >= 4 is 0 Å². The molecule has 0 aromatic carbocycles. The topological polar surface area (TPSA) is 0 Å². The number of hydrogen-bond donors (Lipinski definition) is 0. The Morgan fingerprint density at radius 1 is 0.929 bits per heavy atom. The summed E-state index contributed by atoms with van der Waals surface area (Å²) in [6, 6.07) is 0. The molecule has 14 heavy (non-hydrogen) atoms. The van der Waals surface area contributed by atoms with Crippen LogP contribution in [0.1, 0.15) is 61.8 Å². The molecule has 0 spiro atoms. The van der Waals surface area contributed by atoms with E-state index in [2.05, 4.69) is 62.0 Å². The molecular weight excluding hydrogens is 168 g/mol. The van der Waals surface area contributed by atoms with Crippen molar-refractivity contribution in [3.63, 3.8) is 0 Å². The highest BCUT2D eigenvalue weighted by molar-refractivity contribution is 5.09. The first-order valence-corrected chi connectivity index (χ1v) is 5.56. The maximum Gasteiger partial charge on any atom is -0.00988 e. The Balaban J connectivity index is 4.87. The Morgan fingerprint density at radius 2 is 1.29 bits per heavy atom. The fourth-order valence-corrected chi connectivity index (χ4v) is 2.12. The van der Waals surface area contributed by atoms with Gasteiger partial charge in [-0.3, -0.25) is 0 Å². The number of rotatable bonds is 3. The predicted molar refractivity (Wildman–Crippen MR) is 66.4 cm³/mol. The van der Waals surface area contributed by atoms with Gasteiger partial charge in [-0.15, -0.1) is 0 Å². The third-order valence-corrected chi connectivity index (χ3v) is 3.73. The van der Waals surface area contributed by atoms with E-state index < -0.39 is 0 Å². The second-order valence-corrected chi connectivity index (χ2v) is 7.03. The van der Waals surface area contributed by atoms with Crippen LogP contribution in [0.25, 0.3) is 0 Å². The molecule has 0 amide bonds. The van der Waals surface area contributed by atoms with Crippen LogP contribution in [0.3, 0.4) is 0 Å². The largest absolute Gasteiger partial charge is 0.0996 e. The maximum atomic E-state index is 4.12. The van der Waals surface area contributed by atoms with E-state index in [1.807, 2.05) is 0 Å². The molecule has 0 aliphatic carbocycles. The van der Waals surface area contributed by atoms with Crippen molar-refractivity contribution in [2.45, 2.75) is 61.8 Å². The molecule has 0 aliphatic rings. The second kappa shape index (κ2) is 3.72. The summed E-state index contributed by atoms with van der Waals surface area (Å²) in [7, 11) is 0. The van der Waals surface area contributed by atoms with E-state index in [-0.39, 0.29) is 5.41 Å². The van der Waals surface area contributed by atoms with E-state index in [0.717, 1.165) is 0 Å². The monoisotopic (exact) mass is 196 g/mol. The SMILES string of the molecule is C=C(C)C(C)(C)C(C)(C)CC(C)(C)C. The lowest BCUT2D eigenvalue weighted by atomic mass is 9.59. The van der Waals surface area contributed by atoms with Crippen molar-refractivity contribution in [2.24, 2.45) is 16.2 Å². The zero-order chi connectivity index (χ0) is 11.8. The summed E-state index contributed by atoms with van der Waals surface area (Å²) >= 11 is 0. The van der Waals surface area contributed by atoms with Gasteiger partial charge in [-0.2, -0.15) is 0 Å². The van der Waals surface area contributed by atoms with E-state index in [9.17, 15) is 0 Å². The molecule has 0 rings (SSSR count). The van der Waals surface area contributed by atoms with Crippen molar-refractivity contribution in [1.29, 1.82) is 0 Å². The van der Waals surface area contributed by atoms with E-state index in [1.165, 1.54) is 12.0 Å². The van der Waals surface area contributed by atoms with Crippen LogP contribution < -0.4 is 0 Å². The van der Waals surface area contributed by atoms with Crippen LogP contribution in [-0.2, 0) is 0 Å². The summed E-state index contributed by atoms with van der Waals surface area (Å²) in [5, 5.41) is 0. The summed E-state index contributed by atoms with van der Waals surface area (Å²) in [5.41, 5.74) is 2.18. The Hall–Kier alpha value is -0.260. The van der Waals surface area contributed by atoms with E-state index >= 15 is 0 Å². The Kier molecular flexibility index (Phi) is 3.65. The Morgan fingerprint density at radius 3 is 1.50 bits per heavy atom. The lowest BCUT2D eigenvalue weighted by Gasteiger charge is -2.46. The van der Waals surface area contributed by atoms with Crippen LogP contribution in [-0.4, -0.2) is 0 Å². The smallest absolute Gasteiger partial charge is 0.00988 e. The fourth-order valence-electron chi connectivity index (χ4n) is 2.12. The summed E-state index contributed by atoms with van der Waals surface area (Å²) in [4.78, 5) is 0. The summed E-state index contributed by atoms with van der Waals surface area (Å²) < 4.78 is 0. The van der Waals surface area contributed by atoms with Crippen LogP contribution >= 0.6 is 0 Å². The van der Waals surface area contributed by atoms with Crippen molar-refractivity contribution in [1.82, 2.24) is 0 Å². The van der Waals surface area contributed by atoms with Crippen molar-refractivity contribution in [2.75, 3.05) is 0 Å². The zero-order valence-electron chi connectivity index (χ0n) is 11.4. The highest BCUT2D eigenvalue weighted by Gasteiger charge is 2.39. The average Bonchev–Trinajstić information content (AvgIpc) is 1.80. The zero-order valence-corrected chi connectivity index (χ0v) is 11.4. The molecule has 0 N–H and O–H groups in total. The molecule has 0 heterocycles. The Bertz CT molecular complexity index is 211. The molecule has 0 fully saturated rings. The standard InChI is InChI=1S/C14H28/c1-11(2)14(8,9)13(6,7)10-12(3,4)5/h1,10H2,2-9H3. The van der Waals surface area contributed by atoms with Gasteiger partial charge in [0.1, 0.15) is 0 Å². The Labute approximate surface area is 90.8 Å². The van der Waals surface area contributed by atoms with Gasteiger partial charge in [-0.1, -0.05) is 60.6 Å². The quantitative estimate of drug-likeness (QED) is 0.554. The highest BCUT2D eigenvalue weighted by atomic mass is 14.4. The molecule has 0 aromatic rings. The van der Waals surface area contributed by atoms with Gasteiger partial charge in [0.2, 0.25) is 0 Å². The van der Waals surface area contributed by atoms with Crippen LogP contribution in [0, 0.1) is 16.2 Å². The lowest BCUT2D eigenvalue weighted by Crippen LogP contribution is -2.36. The first-order chi connectivity index (χ1) is 5.90. The van der Waals surface area contributed by atoms with Crippen LogP contribution in [0.2, 0.25) is 0 Å². The minimum absolute atomic E-state index is 0.209. The molecule has 0 atom stereocenters. The summed E-state index contributed by atoms with van der Waals surface area (Å²) in [5.74, 6) is 0. The number of hydrogen-bond acceptors (Lipinski definition) is 0. The third-order valence-electron chi connectivity index (χ3n) is 3.73. The molecule has 0 saturated carbocycles. The molecule has 0 unspecified atom stereocenters. The van der Waals surface area contributed by atoms with Gasteiger partial charge < -0.3 is 0 Å². The summed E-state index contributed by atoms with van der Waals surface area (Å²) in [6.45, 7) is 22.5. The normalized spacial score (nSPS) is 14.3. The van der Waals surface area contributed by atoms with E-state index in [1.54, 1.807) is 0 Å². The molecule has 0 saturated heterocycles. The van der Waals surface area contributed by atoms with Gasteiger partial charge in [0.05, 0.1) is 0 Å². The van der Waals surface area contributed by atoms with Gasteiger partial charge >= 0.3 is 0 Å². The van der Waals surface area contributed by atoms with Gasteiger partial charge in [-0.05, 0) is 29.6 Å². The van der Waals surface area contributed by atoms with Gasteiger partial charge in [-0.25, -0.2) is 0 Å². The molecule has 0 nitrogen and oxygen atoms in total. The predicted octanol–water partition coefficient (Wildman–Crippen LogP) is 5.05. The maximum absolute atomic E-state index is 4.12. The lowest BCUT2D eigenvalue weighted by molar-refractivity contribution is 0.0888. The van der Waals surface area contributed by atoms with Gasteiger partial charge in [0.15, 0.2) is 0 Å². The van der Waals surface area contributed by atoms with Crippen molar-refractivity contribution in [3.05, 3.63) is 12.2 Å². The first kappa shape index (κ1) is 13.7. The van der Waals surface area contributed by atoms with Crippen LogP contribution in [0.15, 0.2) is 12.2 Å². The first-order valence-electron chi connectivity index (χ1n) is 5.56. The second-order valence-electron chi connectivity index (χ2n) is 7.03. The van der Waals surface area contributed by atoms with Crippen LogP contribution in [0.5, 0.6) is 0 Å². The molecule has 84 valence electrons.